The van der Waals surface area contributed by atoms with Gasteiger partial charge in [0.2, 0.25) is 0 Å². The third kappa shape index (κ3) is 2.74. The Bertz CT molecular complexity index is 1690. The Morgan fingerprint density at radius 3 is 2.24 bits per heavy atom. The SMILES string of the molecule is CC1(C)C2=c3ccccc3=CC2=Cc2cc3ccn(-c4ccc(-c5ccccc5)cc4)cc-3c21. The molecular formula is C33H25N. The van der Waals surface area contributed by atoms with Gasteiger partial charge in [-0.25, -0.2) is 0 Å². The van der Waals surface area contributed by atoms with Crippen LogP contribution >= 0.6 is 0 Å². The zero-order valence-corrected chi connectivity index (χ0v) is 19.4. The molecule has 7 rings (SSSR count). The monoisotopic (exact) mass is 435 g/mol. The molecule has 0 atom stereocenters. The standard InChI is InChI=1S/C33H25N/c1-33(2)31-26(18-24-10-6-7-11-29(24)31)20-27-19-25-16-17-34(21-30(25)32(27)33)28-14-12-23(13-15-28)22-8-4-3-5-9-22/h3-21H,1-2H3. The van der Waals surface area contributed by atoms with Gasteiger partial charge in [0.25, 0.3) is 0 Å². The normalized spacial score (nSPS) is 15.4. The second-order valence-electron chi connectivity index (χ2n) is 9.94. The van der Waals surface area contributed by atoms with Gasteiger partial charge in [0, 0.05) is 29.1 Å². The van der Waals surface area contributed by atoms with Crippen LogP contribution in [0.5, 0.6) is 0 Å². The van der Waals surface area contributed by atoms with Gasteiger partial charge in [-0.2, -0.15) is 0 Å². The van der Waals surface area contributed by atoms with E-state index >= 15 is 0 Å². The van der Waals surface area contributed by atoms with Crippen molar-refractivity contribution < 1.29 is 0 Å². The van der Waals surface area contributed by atoms with E-state index in [1.165, 1.54) is 60.7 Å². The number of benzene rings is 3. The zero-order chi connectivity index (χ0) is 22.9. The number of nitrogens with zero attached hydrogens (tertiary/aromatic N) is 1. The van der Waals surface area contributed by atoms with Gasteiger partial charge >= 0.3 is 0 Å². The van der Waals surface area contributed by atoms with E-state index in [0.717, 1.165) is 0 Å². The number of pyridine rings is 1. The summed E-state index contributed by atoms with van der Waals surface area (Å²) in [4.78, 5) is 0. The molecule has 162 valence electrons. The van der Waals surface area contributed by atoms with E-state index in [0.29, 0.717) is 0 Å². The Hall–Kier alpha value is -4.10. The largest absolute Gasteiger partial charge is 0.323 e. The number of hydrogen-bond acceptors (Lipinski definition) is 0. The Balaban J connectivity index is 1.37. The summed E-state index contributed by atoms with van der Waals surface area (Å²) >= 11 is 0. The average Bonchev–Trinajstić information content (AvgIpc) is 3.43. The third-order valence-electron chi connectivity index (χ3n) is 7.53. The molecule has 0 spiro atoms. The van der Waals surface area contributed by atoms with Crippen molar-refractivity contribution in [2.45, 2.75) is 19.3 Å². The van der Waals surface area contributed by atoms with Gasteiger partial charge in [0.05, 0.1) is 0 Å². The number of rotatable bonds is 2. The van der Waals surface area contributed by atoms with Gasteiger partial charge in [-0.15, -0.1) is 0 Å². The highest BCUT2D eigenvalue weighted by Crippen LogP contribution is 2.50. The van der Waals surface area contributed by atoms with Crippen LogP contribution in [0.1, 0.15) is 25.0 Å². The predicted octanol–water partition coefficient (Wildman–Crippen LogP) is 6.57. The highest BCUT2D eigenvalue weighted by molar-refractivity contribution is 6.00. The summed E-state index contributed by atoms with van der Waals surface area (Å²) in [6.45, 7) is 4.77. The molecule has 0 aromatic heterocycles. The molecule has 1 nitrogen and oxygen atoms in total. The first-order valence-corrected chi connectivity index (χ1v) is 11.9. The van der Waals surface area contributed by atoms with Crippen LogP contribution in [0.2, 0.25) is 0 Å². The van der Waals surface area contributed by atoms with E-state index in [1.54, 1.807) is 0 Å². The lowest BCUT2D eigenvalue weighted by molar-refractivity contribution is 0.689. The molecular weight excluding hydrogens is 410 g/mol. The van der Waals surface area contributed by atoms with Crippen molar-refractivity contribution >= 4 is 17.7 Å². The second kappa shape index (κ2) is 6.95. The highest BCUT2D eigenvalue weighted by Gasteiger charge is 2.38. The molecule has 0 unspecified atom stereocenters. The molecule has 0 amide bonds. The average molecular weight is 436 g/mol. The maximum atomic E-state index is 2.38. The first-order valence-electron chi connectivity index (χ1n) is 11.9. The van der Waals surface area contributed by atoms with Crippen molar-refractivity contribution in [3.05, 3.63) is 131 Å². The van der Waals surface area contributed by atoms with Crippen LogP contribution in [0.4, 0.5) is 0 Å². The van der Waals surface area contributed by atoms with E-state index in [2.05, 4.69) is 134 Å². The Kier molecular flexibility index (Phi) is 3.96. The molecule has 0 bridgehead atoms. The van der Waals surface area contributed by atoms with Gasteiger partial charge in [-0.05, 0) is 85.8 Å². The molecule has 1 heterocycles. The van der Waals surface area contributed by atoms with E-state index in [-0.39, 0.29) is 5.41 Å². The van der Waals surface area contributed by atoms with Gasteiger partial charge < -0.3 is 4.57 Å². The van der Waals surface area contributed by atoms with Gasteiger partial charge in [-0.3, -0.25) is 0 Å². The smallest absolute Gasteiger partial charge is 0.0450 e. The lowest BCUT2D eigenvalue weighted by atomic mass is 9.70. The maximum absolute atomic E-state index is 2.38. The van der Waals surface area contributed by atoms with Crippen LogP contribution in [0.25, 0.3) is 45.7 Å². The Morgan fingerprint density at radius 1 is 0.676 bits per heavy atom. The Labute approximate surface area is 200 Å². The molecule has 1 heteroatoms. The van der Waals surface area contributed by atoms with Crippen molar-refractivity contribution in [3.63, 3.8) is 0 Å². The van der Waals surface area contributed by atoms with E-state index in [9.17, 15) is 0 Å². The quantitative estimate of drug-likeness (QED) is 0.296. The summed E-state index contributed by atoms with van der Waals surface area (Å²) in [7, 11) is 0. The van der Waals surface area contributed by atoms with Gasteiger partial charge in [0.1, 0.15) is 0 Å². The van der Waals surface area contributed by atoms with Crippen molar-refractivity contribution in [2.24, 2.45) is 0 Å². The summed E-state index contributed by atoms with van der Waals surface area (Å²) in [5.74, 6) is 0. The number of aromatic nitrogens is 1. The molecule has 1 aliphatic heterocycles. The first kappa shape index (κ1) is 19.4. The van der Waals surface area contributed by atoms with Crippen molar-refractivity contribution in [2.75, 3.05) is 0 Å². The predicted molar refractivity (Wildman–Crippen MR) is 142 cm³/mol. The highest BCUT2D eigenvalue weighted by atomic mass is 14.9. The van der Waals surface area contributed by atoms with Crippen LogP contribution in [0.15, 0.2) is 109 Å². The van der Waals surface area contributed by atoms with Crippen LogP contribution in [-0.2, 0) is 5.41 Å². The summed E-state index contributed by atoms with van der Waals surface area (Å²) in [6, 6.07) is 32.8. The summed E-state index contributed by atoms with van der Waals surface area (Å²) in [6.07, 6.45) is 9.23. The summed E-state index contributed by atoms with van der Waals surface area (Å²) < 4.78 is 2.26. The third-order valence-corrected chi connectivity index (χ3v) is 7.53. The minimum atomic E-state index is -0.0688. The molecule has 0 saturated carbocycles. The fourth-order valence-corrected chi connectivity index (χ4v) is 6.02. The van der Waals surface area contributed by atoms with E-state index in [4.69, 9.17) is 0 Å². The summed E-state index contributed by atoms with van der Waals surface area (Å²) in [5.41, 5.74) is 11.8. The van der Waals surface area contributed by atoms with Gasteiger partial charge in [-0.1, -0.05) is 80.6 Å². The van der Waals surface area contributed by atoms with Crippen molar-refractivity contribution in [1.29, 1.82) is 0 Å². The fourth-order valence-electron chi connectivity index (χ4n) is 6.02. The van der Waals surface area contributed by atoms with E-state index in [1.807, 2.05) is 0 Å². The topological polar surface area (TPSA) is 4.93 Å². The van der Waals surface area contributed by atoms with Crippen LogP contribution in [-0.4, -0.2) is 4.57 Å². The lowest BCUT2D eigenvalue weighted by Crippen LogP contribution is -2.31. The van der Waals surface area contributed by atoms with Crippen molar-refractivity contribution in [3.8, 4) is 27.9 Å². The minimum absolute atomic E-state index is 0.0688. The van der Waals surface area contributed by atoms with Crippen LogP contribution in [0.3, 0.4) is 0 Å². The number of hydrogen-bond donors (Lipinski definition) is 0. The van der Waals surface area contributed by atoms with Crippen LogP contribution in [0, 0.1) is 0 Å². The second-order valence-corrected chi connectivity index (χ2v) is 9.94. The lowest BCUT2D eigenvalue weighted by Gasteiger charge is -2.33. The zero-order valence-electron chi connectivity index (χ0n) is 19.4. The molecule has 0 N–H and O–H groups in total. The molecule has 0 radical (unpaired) electrons. The maximum Gasteiger partial charge on any atom is 0.0450 e. The molecule has 3 aliphatic carbocycles. The number of allylic oxidation sites excluding steroid dienone is 1. The first-order chi connectivity index (χ1) is 16.6. The minimum Gasteiger partial charge on any atom is -0.323 e. The number of fused-ring (bicyclic) bond motifs is 5. The molecule has 3 aromatic rings. The summed E-state index contributed by atoms with van der Waals surface area (Å²) in [5, 5.41) is 2.71. The molecule has 0 fully saturated rings. The van der Waals surface area contributed by atoms with Crippen LogP contribution < -0.4 is 10.4 Å². The van der Waals surface area contributed by atoms with Gasteiger partial charge in [0.15, 0.2) is 0 Å². The molecule has 3 aromatic carbocycles. The fraction of sp³-hybridized carbons (Fsp3) is 0.0909. The molecule has 0 saturated heterocycles. The molecule has 4 aliphatic rings. The molecule has 34 heavy (non-hydrogen) atoms. The van der Waals surface area contributed by atoms with Crippen molar-refractivity contribution in [1.82, 2.24) is 4.57 Å². The van der Waals surface area contributed by atoms with E-state index < -0.39 is 0 Å². The Morgan fingerprint density at radius 2 is 1.41 bits per heavy atom.